The van der Waals surface area contributed by atoms with Gasteiger partial charge in [0.2, 0.25) is 7.28 Å². The predicted molar refractivity (Wildman–Crippen MR) is 48.2 cm³/mol. The number of halogens is 1. The minimum atomic E-state index is 0.720. The summed E-state index contributed by atoms with van der Waals surface area (Å²) in [6.07, 6.45) is 3.55. The Morgan fingerprint density at radius 3 is 3.36 bits per heavy atom. The van der Waals surface area contributed by atoms with E-state index in [1.165, 1.54) is 18.6 Å². The third kappa shape index (κ3) is 1.41. The first-order chi connectivity index (χ1) is 5.40. The van der Waals surface area contributed by atoms with Gasteiger partial charge in [0.1, 0.15) is 0 Å². The van der Waals surface area contributed by atoms with Gasteiger partial charge in [-0.25, -0.2) is 0 Å². The van der Waals surface area contributed by atoms with Crippen LogP contribution in [0.3, 0.4) is 0 Å². The second kappa shape index (κ2) is 3.10. The second-order valence-corrected chi connectivity index (χ2v) is 3.70. The fourth-order valence-corrected chi connectivity index (χ4v) is 2.18. The maximum atomic E-state index is 5.81. The van der Waals surface area contributed by atoms with Gasteiger partial charge >= 0.3 is 0 Å². The predicted octanol–water partition coefficient (Wildman–Crippen LogP) is 1.66. The summed E-state index contributed by atoms with van der Waals surface area (Å²) in [4.78, 5) is 0. The molecular formula is C8H12BClO. The zero-order chi connectivity index (χ0) is 7.68. The standard InChI is InChI=1S/C8H12BClO/c10-4-6-1-2-8-7(3-6)9-5-11-8/h6,9H,1-5H2. The lowest BCUT2D eigenvalue weighted by Gasteiger charge is -2.20. The van der Waals surface area contributed by atoms with Gasteiger partial charge in [0.15, 0.2) is 0 Å². The molecule has 0 saturated carbocycles. The van der Waals surface area contributed by atoms with E-state index in [0.29, 0.717) is 0 Å². The van der Waals surface area contributed by atoms with Gasteiger partial charge in [-0.3, -0.25) is 0 Å². The first-order valence-corrected chi connectivity index (χ1v) is 4.83. The maximum Gasteiger partial charge on any atom is 0.202 e. The van der Waals surface area contributed by atoms with Crippen LogP contribution in [0.4, 0.5) is 0 Å². The van der Waals surface area contributed by atoms with Crippen molar-refractivity contribution in [1.29, 1.82) is 0 Å². The number of hydrogen-bond donors (Lipinski definition) is 0. The molecular weight excluding hydrogens is 158 g/mol. The molecule has 3 heteroatoms. The van der Waals surface area contributed by atoms with Crippen LogP contribution in [0, 0.1) is 5.92 Å². The van der Waals surface area contributed by atoms with Crippen molar-refractivity contribution in [3.63, 3.8) is 0 Å². The average molecular weight is 170 g/mol. The topological polar surface area (TPSA) is 9.23 Å². The van der Waals surface area contributed by atoms with Crippen molar-refractivity contribution in [2.75, 3.05) is 12.4 Å². The van der Waals surface area contributed by atoms with Crippen molar-refractivity contribution in [3.8, 4) is 0 Å². The van der Waals surface area contributed by atoms with Crippen molar-refractivity contribution >= 4 is 18.9 Å². The molecule has 11 heavy (non-hydrogen) atoms. The van der Waals surface area contributed by atoms with E-state index in [1.54, 1.807) is 5.47 Å². The van der Waals surface area contributed by atoms with Gasteiger partial charge in [0.05, 0.1) is 12.3 Å². The Labute approximate surface area is 73.0 Å². The summed E-state index contributed by atoms with van der Waals surface area (Å²) in [7, 11) is 1.16. The minimum absolute atomic E-state index is 0.720. The molecule has 0 aromatic carbocycles. The Kier molecular flexibility index (Phi) is 2.12. The normalized spacial score (nSPS) is 29.4. The van der Waals surface area contributed by atoms with E-state index in [2.05, 4.69) is 0 Å². The molecule has 0 spiro atoms. The zero-order valence-electron chi connectivity index (χ0n) is 6.61. The molecule has 0 radical (unpaired) electrons. The highest BCUT2D eigenvalue weighted by Gasteiger charge is 2.25. The Balaban J connectivity index is 2.05. The van der Waals surface area contributed by atoms with Crippen molar-refractivity contribution in [1.82, 2.24) is 0 Å². The van der Waals surface area contributed by atoms with Crippen molar-refractivity contribution in [2.24, 2.45) is 5.92 Å². The van der Waals surface area contributed by atoms with Crippen molar-refractivity contribution in [3.05, 3.63) is 11.2 Å². The molecule has 0 fully saturated rings. The summed E-state index contributed by atoms with van der Waals surface area (Å²) in [5.74, 6) is 2.82. The molecule has 1 unspecified atom stereocenters. The van der Waals surface area contributed by atoms with Crippen molar-refractivity contribution in [2.45, 2.75) is 19.3 Å². The highest BCUT2D eigenvalue weighted by atomic mass is 35.5. The van der Waals surface area contributed by atoms with Crippen LogP contribution in [0.1, 0.15) is 19.3 Å². The van der Waals surface area contributed by atoms with Gasteiger partial charge in [0, 0.05) is 12.3 Å². The van der Waals surface area contributed by atoms with Gasteiger partial charge in [-0.2, -0.15) is 0 Å². The first kappa shape index (κ1) is 7.54. The number of allylic oxidation sites excluding steroid dienone is 2. The third-order valence-corrected chi connectivity index (χ3v) is 3.04. The Bertz CT molecular complexity index is 191. The van der Waals surface area contributed by atoms with Crippen LogP contribution >= 0.6 is 11.6 Å². The highest BCUT2D eigenvalue weighted by molar-refractivity contribution is 6.46. The third-order valence-electron chi connectivity index (χ3n) is 2.61. The smallest absolute Gasteiger partial charge is 0.202 e. The van der Waals surface area contributed by atoms with Gasteiger partial charge in [-0.1, -0.05) is 5.47 Å². The molecule has 0 bridgehead atoms. The van der Waals surface area contributed by atoms with E-state index >= 15 is 0 Å². The van der Waals surface area contributed by atoms with Gasteiger partial charge in [-0.15, -0.1) is 11.6 Å². The van der Waals surface area contributed by atoms with E-state index in [9.17, 15) is 0 Å². The first-order valence-electron chi connectivity index (χ1n) is 4.30. The van der Waals surface area contributed by atoms with Gasteiger partial charge in [-0.05, 0) is 18.8 Å². The molecule has 2 rings (SSSR count). The van der Waals surface area contributed by atoms with Gasteiger partial charge < -0.3 is 4.74 Å². The Morgan fingerprint density at radius 2 is 2.55 bits per heavy atom. The molecule has 2 aliphatic rings. The summed E-state index contributed by atoms with van der Waals surface area (Å²) in [5, 5.41) is 0. The van der Waals surface area contributed by atoms with E-state index < -0.39 is 0 Å². The quantitative estimate of drug-likeness (QED) is 0.430. The molecule has 1 atom stereocenters. The van der Waals surface area contributed by atoms with Crippen LogP contribution in [-0.4, -0.2) is 19.7 Å². The van der Waals surface area contributed by atoms with E-state index in [1.807, 2.05) is 0 Å². The fraction of sp³-hybridized carbons (Fsp3) is 0.750. The SMILES string of the molecule is ClCC1CCC2=C(BCO2)C1. The molecule has 1 nitrogen and oxygen atoms in total. The minimum Gasteiger partial charge on any atom is -0.507 e. The van der Waals surface area contributed by atoms with Crippen LogP contribution in [0.25, 0.3) is 0 Å². The monoisotopic (exact) mass is 170 g/mol. The number of alkyl halides is 1. The van der Waals surface area contributed by atoms with Crippen LogP contribution in [-0.2, 0) is 4.74 Å². The highest BCUT2D eigenvalue weighted by Crippen LogP contribution is 2.32. The Morgan fingerprint density at radius 1 is 1.64 bits per heavy atom. The lowest BCUT2D eigenvalue weighted by molar-refractivity contribution is 0.248. The largest absolute Gasteiger partial charge is 0.507 e. The van der Waals surface area contributed by atoms with Crippen LogP contribution in [0.2, 0.25) is 0 Å². The number of ether oxygens (including phenoxy) is 1. The lowest BCUT2D eigenvalue weighted by Crippen LogP contribution is -2.11. The molecule has 60 valence electrons. The molecule has 1 aliphatic carbocycles. The molecule has 0 aromatic rings. The molecule has 1 aliphatic heterocycles. The Hall–Kier alpha value is -0.105. The molecule has 0 N–H and O–H groups in total. The maximum absolute atomic E-state index is 5.81. The van der Waals surface area contributed by atoms with E-state index in [-0.39, 0.29) is 0 Å². The van der Waals surface area contributed by atoms with Crippen LogP contribution in [0.5, 0.6) is 0 Å². The summed E-state index contributed by atoms with van der Waals surface area (Å²) < 4.78 is 5.49. The molecule has 0 amide bonds. The summed E-state index contributed by atoms with van der Waals surface area (Å²) in [6.45, 7) is 0.916. The van der Waals surface area contributed by atoms with E-state index in [0.717, 1.165) is 32.0 Å². The second-order valence-electron chi connectivity index (χ2n) is 3.39. The summed E-state index contributed by atoms with van der Waals surface area (Å²) in [6, 6.07) is 0. The average Bonchev–Trinajstić information content (AvgIpc) is 2.50. The number of rotatable bonds is 1. The van der Waals surface area contributed by atoms with Gasteiger partial charge in [0.25, 0.3) is 0 Å². The fourth-order valence-electron chi connectivity index (χ4n) is 1.92. The van der Waals surface area contributed by atoms with E-state index in [4.69, 9.17) is 16.3 Å². The summed E-state index contributed by atoms with van der Waals surface area (Å²) in [5.41, 5.74) is 1.54. The van der Waals surface area contributed by atoms with Crippen molar-refractivity contribution < 1.29 is 4.74 Å². The molecule has 0 aromatic heterocycles. The lowest BCUT2D eigenvalue weighted by atomic mass is 9.66. The van der Waals surface area contributed by atoms with Crippen LogP contribution < -0.4 is 0 Å². The molecule has 1 heterocycles. The van der Waals surface area contributed by atoms with Crippen LogP contribution in [0.15, 0.2) is 11.2 Å². The number of hydrogen-bond acceptors (Lipinski definition) is 1. The molecule has 0 saturated heterocycles. The summed E-state index contributed by atoms with van der Waals surface area (Å²) >= 11 is 5.81. The zero-order valence-corrected chi connectivity index (χ0v) is 7.36.